The molecule has 0 atom stereocenters. The Hall–Kier alpha value is -3.81. The predicted octanol–water partition coefficient (Wildman–Crippen LogP) is 5.19. The predicted molar refractivity (Wildman–Crippen MR) is 140 cm³/mol. The second-order valence-corrected chi connectivity index (χ2v) is 9.24. The van der Waals surface area contributed by atoms with Gasteiger partial charge in [-0.2, -0.15) is 5.26 Å². The zero-order valence-corrected chi connectivity index (χ0v) is 21.3. The summed E-state index contributed by atoms with van der Waals surface area (Å²) in [5.41, 5.74) is 1.32. The van der Waals surface area contributed by atoms with E-state index in [0.29, 0.717) is 16.7 Å². The van der Waals surface area contributed by atoms with E-state index in [9.17, 15) is 15.0 Å². The molecular formula is C27H22Cl2FN3O5. The van der Waals surface area contributed by atoms with Gasteiger partial charge in [0.15, 0.2) is 11.6 Å². The summed E-state index contributed by atoms with van der Waals surface area (Å²) in [5, 5.41) is 31.1. The van der Waals surface area contributed by atoms with Gasteiger partial charge in [-0.1, -0.05) is 29.3 Å². The number of aromatic nitrogens is 1. The molecule has 0 saturated carbocycles. The largest absolute Gasteiger partial charge is 0.493 e. The number of nitrogens with one attached hydrogen (secondary N) is 2. The summed E-state index contributed by atoms with van der Waals surface area (Å²) in [5.74, 6) is -1.22. The van der Waals surface area contributed by atoms with E-state index >= 15 is 4.39 Å². The number of H-pyrrole nitrogens is 1. The molecular weight excluding hydrogens is 536 g/mol. The van der Waals surface area contributed by atoms with Crippen LogP contribution in [0.1, 0.15) is 21.6 Å². The molecule has 0 radical (unpaired) electrons. The van der Waals surface area contributed by atoms with Gasteiger partial charge in [-0.15, -0.1) is 0 Å². The van der Waals surface area contributed by atoms with Crippen LogP contribution in [0, 0.1) is 23.1 Å². The third kappa shape index (κ3) is 6.36. The van der Waals surface area contributed by atoms with Gasteiger partial charge in [0.1, 0.15) is 17.2 Å². The molecule has 4 aromatic rings. The van der Waals surface area contributed by atoms with E-state index in [0.717, 1.165) is 0 Å². The second kappa shape index (κ2) is 12.2. The number of fused-ring (bicyclic) bond motifs is 1. The highest BCUT2D eigenvalue weighted by Gasteiger charge is 2.17. The molecule has 0 spiro atoms. The van der Waals surface area contributed by atoms with E-state index in [2.05, 4.69) is 10.3 Å². The lowest BCUT2D eigenvalue weighted by atomic mass is 10.2. The van der Waals surface area contributed by atoms with Gasteiger partial charge in [0.25, 0.3) is 5.91 Å². The van der Waals surface area contributed by atoms with Crippen molar-refractivity contribution in [2.24, 2.45) is 5.92 Å². The Labute approximate surface area is 227 Å². The SMILES string of the molecule is N#Cc1cc(Cl)cc(Oc2c(Cl)ccc(CNC(=O)c3cc4cc(OCC(CO)CO)ccc4[nH]3)c2F)c1. The summed E-state index contributed by atoms with van der Waals surface area (Å²) in [6.45, 7) is -0.397. The number of nitriles is 1. The number of hydrogen-bond donors (Lipinski definition) is 4. The monoisotopic (exact) mass is 557 g/mol. The molecule has 0 bridgehead atoms. The molecule has 196 valence electrons. The number of aliphatic hydroxyl groups excluding tert-OH is 2. The Morgan fingerprint density at radius 1 is 1.08 bits per heavy atom. The summed E-state index contributed by atoms with van der Waals surface area (Å²) in [6, 6.07) is 15.9. The molecule has 0 saturated heterocycles. The summed E-state index contributed by atoms with van der Waals surface area (Å²) < 4.78 is 26.4. The Morgan fingerprint density at radius 2 is 1.87 bits per heavy atom. The summed E-state index contributed by atoms with van der Waals surface area (Å²) in [6.07, 6.45) is 0. The van der Waals surface area contributed by atoms with Crippen molar-refractivity contribution in [3.63, 3.8) is 0 Å². The first kappa shape index (κ1) is 27.2. The van der Waals surface area contributed by atoms with Crippen LogP contribution in [0.4, 0.5) is 4.39 Å². The minimum absolute atomic E-state index is 0.00833. The van der Waals surface area contributed by atoms with Crippen LogP contribution in [0.3, 0.4) is 0 Å². The number of nitrogens with zero attached hydrogens (tertiary/aromatic N) is 1. The Morgan fingerprint density at radius 3 is 2.61 bits per heavy atom. The normalized spacial score (nSPS) is 11.0. The van der Waals surface area contributed by atoms with E-state index in [1.807, 2.05) is 6.07 Å². The number of aromatic amines is 1. The minimum atomic E-state index is -0.765. The van der Waals surface area contributed by atoms with Gasteiger partial charge in [0.2, 0.25) is 0 Å². The van der Waals surface area contributed by atoms with Gasteiger partial charge < -0.3 is 30.0 Å². The fourth-order valence-corrected chi connectivity index (χ4v) is 3.99. The van der Waals surface area contributed by atoms with Gasteiger partial charge in [0.05, 0.1) is 36.5 Å². The smallest absolute Gasteiger partial charge is 0.267 e. The average molecular weight is 558 g/mol. The zero-order chi connectivity index (χ0) is 27.2. The van der Waals surface area contributed by atoms with E-state index in [1.165, 1.54) is 30.3 Å². The molecule has 11 heteroatoms. The first-order valence-electron chi connectivity index (χ1n) is 11.4. The van der Waals surface area contributed by atoms with Crippen LogP contribution in [-0.2, 0) is 6.54 Å². The number of ether oxygens (including phenoxy) is 2. The van der Waals surface area contributed by atoms with Crippen LogP contribution in [-0.4, -0.2) is 40.9 Å². The van der Waals surface area contributed by atoms with Crippen molar-refractivity contribution in [3.8, 4) is 23.3 Å². The lowest BCUT2D eigenvalue weighted by Crippen LogP contribution is -2.23. The van der Waals surface area contributed by atoms with Crippen molar-refractivity contribution in [1.82, 2.24) is 10.3 Å². The molecule has 38 heavy (non-hydrogen) atoms. The van der Waals surface area contributed by atoms with E-state index in [1.54, 1.807) is 24.3 Å². The molecule has 1 aromatic heterocycles. The number of halogens is 3. The second-order valence-electron chi connectivity index (χ2n) is 8.40. The molecule has 1 heterocycles. The molecule has 0 unspecified atom stereocenters. The Bertz CT molecular complexity index is 1510. The van der Waals surface area contributed by atoms with Crippen molar-refractivity contribution in [2.75, 3.05) is 19.8 Å². The molecule has 0 aliphatic heterocycles. The number of rotatable bonds is 10. The zero-order valence-electron chi connectivity index (χ0n) is 19.8. The number of amides is 1. The van der Waals surface area contributed by atoms with Crippen molar-refractivity contribution in [2.45, 2.75) is 6.54 Å². The molecule has 0 aliphatic carbocycles. The van der Waals surface area contributed by atoms with Crippen LogP contribution in [0.2, 0.25) is 10.0 Å². The van der Waals surface area contributed by atoms with E-state index in [-0.39, 0.29) is 64.7 Å². The number of carbonyl (C=O) groups is 1. The Balaban J connectivity index is 1.46. The summed E-state index contributed by atoms with van der Waals surface area (Å²) in [4.78, 5) is 15.8. The highest BCUT2D eigenvalue weighted by molar-refractivity contribution is 6.32. The lowest BCUT2D eigenvalue weighted by molar-refractivity contribution is 0.0946. The maximum absolute atomic E-state index is 15.2. The van der Waals surface area contributed by atoms with Gasteiger partial charge >= 0.3 is 0 Å². The van der Waals surface area contributed by atoms with Gasteiger partial charge in [-0.25, -0.2) is 4.39 Å². The first-order chi connectivity index (χ1) is 18.3. The van der Waals surface area contributed by atoms with Crippen molar-refractivity contribution < 1.29 is 28.9 Å². The maximum Gasteiger partial charge on any atom is 0.267 e. The minimum Gasteiger partial charge on any atom is -0.493 e. The molecule has 8 nitrogen and oxygen atoms in total. The van der Waals surface area contributed by atoms with Crippen molar-refractivity contribution in [1.29, 1.82) is 5.26 Å². The fourth-order valence-electron chi connectivity index (χ4n) is 3.58. The van der Waals surface area contributed by atoms with Gasteiger partial charge in [-0.05, 0) is 48.5 Å². The number of hydrogen-bond acceptors (Lipinski definition) is 6. The van der Waals surface area contributed by atoms with Crippen molar-refractivity contribution in [3.05, 3.63) is 87.3 Å². The number of aliphatic hydroxyl groups is 2. The highest BCUT2D eigenvalue weighted by Crippen LogP contribution is 2.35. The third-order valence-corrected chi connectivity index (χ3v) is 6.14. The number of carbonyl (C=O) groups excluding carboxylic acids is 1. The van der Waals surface area contributed by atoms with Crippen LogP contribution in [0.5, 0.6) is 17.2 Å². The molecule has 3 aromatic carbocycles. The van der Waals surface area contributed by atoms with Crippen LogP contribution in [0.15, 0.2) is 54.6 Å². The third-order valence-electron chi connectivity index (χ3n) is 5.63. The van der Waals surface area contributed by atoms with Gasteiger partial charge in [-0.3, -0.25) is 4.79 Å². The topological polar surface area (TPSA) is 128 Å². The molecule has 0 fully saturated rings. The lowest BCUT2D eigenvalue weighted by Gasteiger charge is -2.13. The maximum atomic E-state index is 15.2. The molecule has 4 rings (SSSR count). The van der Waals surface area contributed by atoms with Crippen LogP contribution in [0.25, 0.3) is 10.9 Å². The molecule has 4 N–H and O–H groups in total. The van der Waals surface area contributed by atoms with Crippen LogP contribution < -0.4 is 14.8 Å². The van der Waals surface area contributed by atoms with Crippen LogP contribution >= 0.6 is 23.2 Å². The first-order valence-corrected chi connectivity index (χ1v) is 12.2. The van der Waals surface area contributed by atoms with Gasteiger partial charge in [0, 0.05) is 34.0 Å². The quantitative estimate of drug-likeness (QED) is 0.212. The number of benzene rings is 3. The Kier molecular flexibility index (Phi) is 8.71. The standard InChI is InChI=1S/C27H22Cl2FN3O5/c28-19-5-15(10-31)6-21(9-19)38-26-22(29)3-1-17(25(26)30)11-32-27(36)24-8-18-7-20(2-4-23(18)33-24)37-14-16(12-34)13-35/h1-9,16,33-35H,11-14H2,(H,32,36). The fraction of sp³-hybridized carbons (Fsp3) is 0.185. The molecule has 0 aliphatic rings. The molecule has 1 amide bonds. The highest BCUT2D eigenvalue weighted by atomic mass is 35.5. The van der Waals surface area contributed by atoms with E-state index in [4.69, 9.17) is 37.9 Å². The van der Waals surface area contributed by atoms with Crippen molar-refractivity contribution >= 4 is 40.0 Å². The summed E-state index contributed by atoms with van der Waals surface area (Å²) in [7, 11) is 0. The average Bonchev–Trinajstić information content (AvgIpc) is 3.34. The van der Waals surface area contributed by atoms with E-state index < -0.39 is 17.6 Å². The summed E-state index contributed by atoms with van der Waals surface area (Å²) >= 11 is 12.1.